The number of hydrogen-bond acceptors (Lipinski definition) is 4. The molecule has 122 valence electrons. The van der Waals surface area contributed by atoms with Gasteiger partial charge >= 0.3 is 0 Å². The van der Waals surface area contributed by atoms with Gasteiger partial charge in [0, 0.05) is 5.56 Å². The summed E-state index contributed by atoms with van der Waals surface area (Å²) in [6.45, 7) is 4.10. The molecule has 0 spiro atoms. The smallest absolute Gasteiger partial charge is 0.251 e. The Morgan fingerprint density at radius 1 is 1.12 bits per heavy atom. The summed E-state index contributed by atoms with van der Waals surface area (Å²) in [6.07, 6.45) is 2.52. The van der Waals surface area contributed by atoms with Crippen LogP contribution >= 0.6 is 0 Å². The molecule has 6 nitrogen and oxygen atoms in total. The Balaban J connectivity index is 1.67. The van der Waals surface area contributed by atoms with Crippen LogP contribution in [0.15, 0.2) is 54.9 Å². The highest BCUT2D eigenvalue weighted by Gasteiger charge is 2.11. The Labute approximate surface area is 140 Å². The second-order valence-electron chi connectivity index (χ2n) is 5.59. The van der Waals surface area contributed by atoms with Gasteiger partial charge in [-0.1, -0.05) is 31.2 Å². The molecule has 1 heterocycles. The van der Waals surface area contributed by atoms with Crippen LogP contribution in [0.5, 0.6) is 0 Å². The fraction of sp³-hybridized carbons (Fsp3) is 0.222. The largest absolute Gasteiger partial charge is 0.346 e. The van der Waals surface area contributed by atoms with Crippen molar-refractivity contribution in [3.05, 3.63) is 71.5 Å². The maximum absolute atomic E-state index is 12.4. The fourth-order valence-corrected chi connectivity index (χ4v) is 2.45. The van der Waals surface area contributed by atoms with E-state index in [2.05, 4.69) is 52.0 Å². The lowest BCUT2D eigenvalue weighted by Gasteiger charge is -2.15. The standard InChI is InChI=1S/C18H19N5O/c1-3-14-4-6-15(7-5-14)13(2)20-18(24)16-8-10-17(11-9-16)23-12-19-21-22-23/h4-13H,3H2,1-2H3,(H,20,24). The molecule has 3 rings (SSSR count). The molecule has 0 saturated heterocycles. The Bertz CT molecular complexity index is 794. The number of nitrogens with one attached hydrogen (secondary N) is 1. The van der Waals surface area contributed by atoms with Crippen LogP contribution in [0.4, 0.5) is 0 Å². The van der Waals surface area contributed by atoms with E-state index in [9.17, 15) is 4.79 Å². The summed E-state index contributed by atoms with van der Waals surface area (Å²) in [7, 11) is 0. The van der Waals surface area contributed by atoms with Gasteiger partial charge in [-0.15, -0.1) is 5.10 Å². The van der Waals surface area contributed by atoms with Gasteiger partial charge in [0.15, 0.2) is 0 Å². The van der Waals surface area contributed by atoms with Crippen molar-refractivity contribution < 1.29 is 4.79 Å². The van der Waals surface area contributed by atoms with Crippen molar-refractivity contribution in [1.29, 1.82) is 0 Å². The summed E-state index contributed by atoms with van der Waals surface area (Å²) >= 11 is 0. The number of benzene rings is 2. The van der Waals surface area contributed by atoms with Crippen molar-refractivity contribution in [2.75, 3.05) is 0 Å². The normalized spacial score (nSPS) is 11.9. The quantitative estimate of drug-likeness (QED) is 0.784. The number of carbonyl (C=O) groups excluding carboxylic acids is 1. The summed E-state index contributed by atoms with van der Waals surface area (Å²) in [5.74, 6) is -0.106. The fourth-order valence-electron chi connectivity index (χ4n) is 2.45. The van der Waals surface area contributed by atoms with Gasteiger partial charge in [-0.3, -0.25) is 4.79 Å². The number of nitrogens with zero attached hydrogens (tertiary/aromatic N) is 4. The molecule has 0 aliphatic carbocycles. The Hall–Kier alpha value is -3.02. The average Bonchev–Trinajstić information content (AvgIpc) is 3.16. The molecule has 1 atom stereocenters. The predicted octanol–water partition coefficient (Wildman–Crippen LogP) is 2.72. The van der Waals surface area contributed by atoms with E-state index in [4.69, 9.17) is 0 Å². The first-order valence-corrected chi connectivity index (χ1v) is 7.90. The average molecular weight is 321 g/mol. The third-order valence-corrected chi connectivity index (χ3v) is 3.98. The lowest BCUT2D eigenvalue weighted by atomic mass is 10.0. The van der Waals surface area contributed by atoms with Gasteiger partial charge in [-0.05, 0) is 59.2 Å². The molecule has 2 aromatic carbocycles. The van der Waals surface area contributed by atoms with Crippen molar-refractivity contribution in [3.8, 4) is 5.69 Å². The SMILES string of the molecule is CCc1ccc(C(C)NC(=O)c2ccc(-n3cnnn3)cc2)cc1. The maximum atomic E-state index is 12.4. The molecule has 0 aliphatic heterocycles. The van der Waals surface area contributed by atoms with Crippen molar-refractivity contribution >= 4 is 5.91 Å². The molecular weight excluding hydrogens is 302 g/mol. The van der Waals surface area contributed by atoms with E-state index in [1.54, 1.807) is 16.8 Å². The third-order valence-electron chi connectivity index (χ3n) is 3.98. The molecule has 0 aliphatic rings. The molecule has 6 heteroatoms. The first-order chi connectivity index (χ1) is 11.7. The second kappa shape index (κ2) is 7.04. The minimum absolute atomic E-state index is 0.0531. The van der Waals surface area contributed by atoms with Gasteiger partial charge in [-0.25, -0.2) is 4.68 Å². The van der Waals surface area contributed by atoms with E-state index in [0.29, 0.717) is 5.56 Å². The van der Waals surface area contributed by atoms with Crippen LogP contribution in [0, 0.1) is 0 Å². The highest BCUT2D eigenvalue weighted by Crippen LogP contribution is 2.15. The number of aromatic nitrogens is 4. The monoisotopic (exact) mass is 321 g/mol. The summed E-state index contributed by atoms with van der Waals surface area (Å²) < 4.78 is 1.54. The molecule has 1 unspecified atom stereocenters. The lowest BCUT2D eigenvalue weighted by molar-refractivity contribution is 0.0940. The van der Waals surface area contributed by atoms with Crippen LogP contribution in [0.25, 0.3) is 5.69 Å². The third kappa shape index (κ3) is 3.48. The molecule has 24 heavy (non-hydrogen) atoms. The summed E-state index contributed by atoms with van der Waals surface area (Å²) in [4.78, 5) is 12.4. The van der Waals surface area contributed by atoms with Crippen molar-refractivity contribution in [3.63, 3.8) is 0 Å². The van der Waals surface area contributed by atoms with Crippen LogP contribution in [0.3, 0.4) is 0 Å². The van der Waals surface area contributed by atoms with Gasteiger partial charge in [0.2, 0.25) is 0 Å². The predicted molar refractivity (Wildman–Crippen MR) is 90.9 cm³/mol. The molecule has 1 amide bonds. The van der Waals surface area contributed by atoms with Gasteiger partial charge in [0.1, 0.15) is 6.33 Å². The van der Waals surface area contributed by atoms with Crippen LogP contribution in [-0.2, 0) is 6.42 Å². The minimum Gasteiger partial charge on any atom is -0.346 e. The highest BCUT2D eigenvalue weighted by molar-refractivity contribution is 5.94. The summed E-state index contributed by atoms with van der Waals surface area (Å²) in [5.41, 5.74) is 3.78. The van der Waals surface area contributed by atoms with Gasteiger partial charge in [0.25, 0.3) is 5.91 Å². The van der Waals surface area contributed by atoms with E-state index < -0.39 is 0 Å². The van der Waals surface area contributed by atoms with Crippen LogP contribution in [0.1, 0.15) is 41.4 Å². The first-order valence-electron chi connectivity index (χ1n) is 7.90. The second-order valence-corrected chi connectivity index (χ2v) is 5.59. The number of aryl methyl sites for hydroxylation is 1. The van der Waals surface area contributed by atoms with E-state index in [0.717, 1.165) is 17.7 Å². The number of amides is 1. The van der Waals surface area contributed by atoms with Gasteiger partial charge < -0.3 is 5.32 Å². The zero-order chi connectivity index (χ0) is 16.9. The lowest BCUT2D eigenvalue weighted by Crippen LogP contribution is -2.26. The molecular formula is C18H19N5O. The minimum atomic E-state index is -0.106. The van der Waals surface area contributed by atoms with E-state index >= 15 is 0 Å². The molecule has 3 aromatic rings. The summed E-state index contributed by atoms with van der Waals surface area (Å²) in [6, 6.07) is 15.4. The highest BCUT2D eigenvalue weighted by atomic mass is 16.1. The number of hydrogen-bond donors (Lipinski definition) is 1. The Morgan fingerprint density at radius 2 is 1.83 bits per heavy atom. The van der Waals surface area contributed by atoms with Crippen LogP contribution < -0.4 is 5.32 Å². The van der Waals surface area contributed by atoms with E-state index in [-0.39, 0.29) is 11.9 Å². The van der Waals surface area contributed by atoms with E-state index in [1.807, 2.05) is 19.1 Å². The van der Waals surface area contributed by atoms with E-state index in [1.165, 1.54) is 11.9 Å². The first kappa shape index (κ1) is 15.9. The molecule has 0 bridgehead atoms. The number of rotatable bonds is 5. The van der Waals surface area contributed by atoms with Crippen LogP contribution in [-0.4, -0.2) is 26.1 Å². The Kier molecular flexibility index (Phi) is 4.65. The van der Waals surface area contributed by atoms with Crippen molar-refractivity contribution in [2.45, 2.75) is 26.3 Å². The number of tetrazole rings is 1. The topological polar surface area (TPSA) is 72.7 Å². The van der Waals surface area contributed by atoms with Crippen molar-refractivity contribution in [2.24, 2.45) is 0 Å². The zero-order valence-electron chi connectivity index (χ0n) is 13.7. The summed E-state index contributed by atoms with van der Waals surface area (Å²) in [5, 5.41) is 14.0. The van der Waals surface area contributed by atoms with Gasteiger partial charge in [-0.2, -0.15) is 0 Å². The van der Waals surface area contributed by atoms with Crippen molar-refractivity contribution in [1.82, 2.24) is 25.5 Å². The van der Waals surface area contributed by atoms with Crippen LogP contribution in [0.2, 0.25) is 0 Å². The molecule has 1 aromatic heterocycles. The Morgan fingerprint density at radius 3 is 2.42 bits per heavy atom. The molecule has 0 radical (unpaired) electrons. The maximum Gasteiger partial charge on any atom is 0.251 e. The van der Waals surface area contributed by atoms with Gasteiger partial charge in [0.05, 0.1) is 11.7 Å². The zero-order valence-corrected chi connectivity index (χ0v) is 13.7. The molecule has 1 N–H and O–H groups in total. The number of carbonyl (C=O) groups is 1. The molecule has 0 fully saturated rings. The molecule has 0 saturated carbocycles.